The van der Waals surface area contributed by atoms with Gasteiger partial charge < -0.3 is 5.32 Å². The van der Waals surface area contributed by atoms with Gasteiger partial charge in [0.2, 0.25) is 0 Å². The fraction of sp³-hybridized carbons (Fsp3) is 0.333. The van der Waals surface area contributed by atoms with Crippen LogP contribution in [-0.2, 0) is 0 Å². The molecule has 0 bridgehead atoms. The zero-order valence-electron chi connectivity index (χ0n) is 6.93. The fourth-order valence-electron chi connectivity index (χ4n) is 1.14. The molecule has 0 saturated heterocycles. The van der Waals surface area contributed by atoms with Crippen LogP contribution in [0.15, 0.2) is 36.6 Å². The monoisotopic (exact) mass is 150 g/mol. The molecule has 1 N–H and O–H groups in total. The first-order chi connectivity index (χ1) is 5.27. The van der Waals surface area contributed by atoms with Crippen LogP contribution in [0.25, 0.3) is 0 Å². The molecule has 1 aliphatic rings. The van der Waals surface area contributed by atoms with E-state index >= 15 is 0 Å². The average molecular weight is 150 g/mol. The molecule has 1 heterocycles. The summed E-state index contributed by atoms with van der Waals surface area (Å²) >= 11 is 0. The van der Waals surface area contributed by atoms with Crippen LogP contribution in [0.4, 0.5) is 0 Å². The normalized spacial score (nSPS) is 19.4. The van der Waals surface area contributed by atoms with Gasteiger partial charge in [-0.1, -0.05) is 19.2 Å². The van der Waals surface area contributed by atoms with Crippen molar-refractivity contribution in [1.29, 1.82) is 0 Å². The van der Waals surface area contributed by atoms with E-state index in [1.165, 1.54) is 5.57 Å². The number of nitrogens with zero attached hydrogens (tertiary/aromatic N) is 1. The van der Waals surface area contributed by atoms with E-state index in [0.29, 0.717) is 0 Å². The minimum Gasteiger partial charge on any atom is -0.372 e. The molecule has 0 atom stereocenters. The molecule has 11 heavy (non-hydrogen) atoms. The predicted octanol–water partition coefficient (Wildman–Crippen LogP) is 1.10. The highest BCUT2D eigenvalue weighted by Gasteiger charge is 2.09. The van der Waals surface area contributed by atoms with E-state index in [0.717, 1.165) is 18.9 Å². The van der Waals surface area contributed by atoms with E-state index in [-0.39, 0.29) is 0 Å². The van der Waals surface area contributed by atoms with Gasteiger partial charge in [0.25, 0.3) is 0 Å². The molecule has 0 unspecified atom stereocenters. The third-order valence-electron chi connectivity index (χ3n) is 1.78. The van der Waals surface area contributed by atoms with Crippen molar-refractivity contribution in [2.75, 3.05) is 20.3 Å². The minimum absolute atomic E-state index is 0.888. The van der Waals surface area contributed by atoms with Crippen molar-refractivity contribution in [3.8, 4) is 0 Å². The van der Waals surface area contributed by atoms with Gasteiger partial charge >= 0.3 is 0 Å². The lowest BCUT2D eigenvalue weighted by atomic mass is 10.1. The topological polar surface area (TPSA) is 15.3 Å². The summed E-state index contributed by atoms with van der Waals surface area (Å²) in [5, 5.41) is 3.24. The summed E-state index contributed by atoms with van der Waals surface area (Å²) in [7, 11) is 2.07. The van der Waals surface area contributed by atoms with Crippen LogP contribution in [0.1, 0.15) is 0 Å². The Labute approximate surface area is 67.9 Å². The highest BCUT2D eigenvalue weighted by atomic mass is 15.2. The first kappa shape index (κ1) is 8.08. The molecule has 1 aliphatic heterocycles. The first-order valence-electron chi connectivity index (χ1n) is 3.68. The van der Waals surface area contributed by atoms with Crippen LogP contribution < -0.4 is 5.32 Å². The Balaban J connectivity index is 2.82. The summed E-state index contributed by atoms with van der Waals surface area (Å²) in [6.07, 6.45) is 3.71. The number of allylic oxidation sites excluding steroid dienone is 1. The Morgan fingerprint density at radius 2 is 2.18 bits per heavy atom. The van der Waals surface area contributed by atoms with Gasteiger partial charge in [-0.05, 0) is 18.7 Å². The molecule has 2 nitrogen and oxygen atoms in total. The van der Waals surface area contributed by atoms with Gasteiger partial charge in [-0.15, -0.1) is 0 Å². The number of likely N-dealkylation sites (N-methyl/N-ethyl adjacent to an activating group) is 1. The third-order valence-corrected chi connectivity index (χ3v) is 1.78. The van der Waals surface area contributed by atoms with Gasteiger partial charge in [-0.25, -0.2) is 0 Å². The quantitative estimate of drug-likeness (QED) is 0.634. The summed E-state index contributed by atoms with van der Waals surface area (Å²) in [5.41, 5.74) is 2.33. The van der Waals surface area contributed by atoms with E-state index in [9.17, 15) is 0 Å². The van der Waals surface area contributed by atoms with E-state index < -0.39 is 0 Å². The van der Waals surface area contributed by atoms with Gasteiger partial charge in [-0.3, -0.25) is 4.90 Å². The number of hydrogen-bond donors (Lipinski definition) is 1. The molecule has 1 rings (SSSR count). The molecule has 0 saturated carbocycles. The van der Waals surface area contributed by atoms with Crippen LogP contribution in [0.5, 0.6) is 0 Å². The molecule has 0 amide bonds. The molecule has 0 aliphatic carbocycles. The number of hydrogen-bond acceptors (Lipinski definition) is 2. The van der Waals surface area contributed by atoms with Crippen LogP contribution in [0, 0.1) is 0 Å². The second-order valence-electron chi connectivity index (χ2n) is 2.70. The van der Waals surface area contributed by atoms with Gasteiger partial charge in [0.15, 0.2) is 0 Å². The summed E-state index contributed by atoms with van der Waals surface area (Å²) < 4.78 is 0. The van der Waals surface area contributed by atoms with Crippen molar-refractivity contribution >= 4 is 0 Å². The van der Waals surface area contributed by atoms with Crippen LogP contribution in [0.3, 0.4) is 0 Å². The molecular formula is C9H14N2. The third kappa shape index (κ3) is 1.71. The second-order valence-corrected chi connectivity index (χ2v) is 2.70. The first-order valence-corrected chi connectivity index (χ1v) is 3.68. The minimum atomic E-state index is 0.888. The molecule has 60 valence electrons. The lowest BCUT2D eigenvalue weighted by Crippen LogP contribution is -2.37. The fourth-order valence-corrected chi connectivity index (χ4v) is 1.14. The largest absolute Gasteiger partial charge is 0.372 e. The Bertz CT molecular complexity index is 204. The van der Waals surface area contributed by atoms with E-state index in [4.69, 9.17) is 0 Å². The maximum atomic E-state index is 3.74. The zero-order chi connectivity index (χ0) is 8.27. The van der Waals surface area contributed by atoms with Gasteiger partial charge in [-0.2, -0.15) is 0 Å². The highest BCUT2D eigenvalue weighted by Crippen LogP contribution is 2.09. The number of nitrogens with one attached hydrogen (secondary N) is 1. The standard InChI is InChI=1S/C9H14N2/c1-4-8-6-11(3)7-10-9(8)5-2/h4-5,10H,1-2,6-7H2,3H3. The smallest absolute Gasteiger partial charge is 0.0678 e. The predicted molar refractivity (Wildman–Crippen MR) is 48.1 cm³/mol. The molecular weight excluding hydrogens is 136 g/mol. The van der Waals surface area contributed by atoms with Gasteiger partial charge in [0.05, 0.1) is 6.67 Å². The molecule has 0 aromatic heterocycles. The van der Waals surface area contributed by atoms with Gasteiger partial charge in [0.1, 0.15) is 0 Å². The Morgan fingerprint density at radius 3 is 2.73 bits per heavy atom. The molecule has 0 aromatic rings. The summed E-state index contributed by atoms with van der Waals surface area (Å²) in [5.74, 6) is 0. The molecule has 0 fully saturated rings. The van der Waals surface area contributed by atoms with Crippen molar-refractivity contribution in [3.63, 3.8) is 0 Å². The van der Waals surface area contributed by atoms with E-state index in [2.05, 4.69) is 30.4 Å². The van der Waals surface area contributed by atoms with Crippen molar-refractivity contribution in [3.05, 3.63) is 36.6 Å². The lowest BCUT2D eigenvalue weighted by molar-refractivity contribution is 0.329. The summed E-state index contributed by atoms with van der Waals surface area (Å²) in [6, 6.07) is 0. The Morgan fingerprint density at radius 1 is 1.45 bits per heavy atom. The van der Waals surface area contributed by atoms with Crippen LogP contribution >= 0.6 is 0 Å². The van der Waals surface area contributed by atoms with Crippen molar-refractivity contribution in [2.24, 2.45) is 0 Å². The lowest BCUT2D eigenvalue weighted by Gasteiger charge is -2.26. The highest BCUT2D eigenvalue weighted by molar-refractivity contribution is 5.32. The van der Waals surface area contributed by atoms with Crippen molar-refractivity contribution in [1.82, 2.24) is 10.2 Å². The van der Waals surface area contributed by atoms with Crippen LogP contribution in [0.2, 0.25) is 0 Å². The zero-order valence-corrected chi connectivity index (χ0v) is 6.93. The maximum absolute atomic E-state index is 3.74. The van der Waals surface area contributed by atoms with Crippen molar-refractivity contribution < 1.29 is 0 Å². The maximum Gasteiger partial charge on any atom is 0.0678 e. The van der Waals surface area contributed by atoms with E-state index in [1.54, 1.807) is 0 Å². The Hall–Kier alpha value is -1.02. The number of rotatable bonds is 2. The van der Waals surface area contributed by atoms with E-state index in [1.807, 2.05) is 12.2 Å². The molecule has 2 heteroatoms. The molecule has 0 aromatic carbocycles. The Kier molecular flexibility index (Phi) is 2.49. The van der Waals surface area contributed by atoms with Crippen molar-refractivity contribution in [2.45, 2.75) is 0 Å². The summed E-state index contributed by atoms with van der Waals surface area (Å²) in [4.78, 5) is 2.18. The SMILES string of the molecule is C=CC1=C(C=C)NCN(C)C1. The second kappa shape index (κ2) is 3.39. The summed E-state index contributed by atoms with van der Waals surface area (Å²) in [6.45, 7) is 9.31. The van der Waals surface area contributed by atoms with Crippen LogP contribution in [-0.4, -0.2) is 25.2 Å². The molecule has 0 radical (unpaired) electrons. The molecule has 0 spiro atoms. The van der Waals surface area contributed by atoms with Gasteiger partial charge in [0, 0.05) is 12.2 Å². The average Bonchev–Trinajstić information content (AvgIpc) is 2.04.